The molecule has 0 bridgehead atoms. The Hall–Kier alpha value is -1.30. The molecule has 1 saturated heterocycles. The lowest BCUT2D eigenvalue weighted by Crippen LogP contribution is -2.64. The van der Waals surface area contributed by atoms with E-state index in [0.29, 0.717) is 32.4 Å². The van der Waals surface area contributed by atoms with Crippen LogP contribution in [0.4, 0.5) is 4.79 Å². The third kappa shape index (κ3) is 4.12. The summed E-state index contributed by atoms with van der Waals surface area (Å²) in [6, 6.07) is 0.103. The summed E-state index contributed by atoms with van der Waals surface area (Å²) in [5, 5.41) is 9.87. The molecular formula is C16H30N2O4. The number of hydrogen-bond donors (Lipinski definition) is 1. The van der Waals surface area contributed by atoms with Gasteiger partial charge in [-0.3, -0.25) is 4.90 Å². The Morgan fingerprint density at radius 2 is 2.00 bits per heavy atom. The number of likely N-dealkylation sites (tertiary alicyclic amines) is 1. The second kappa shape index (κ2) is 6.86. The molecule has 2 atom stereocenters. The summed E-state index contributed by atoms with van der Waals surface area (Å²) in [7, 11) is 1.98. The van der Waals surface area contributed by atoms with Gasteiger partial charge in [0.15, 0.2) is 0 Å². The minimum atomic E-state index is -1.18. The minimum Gasteiger partial charge on any atom is -0.479 e. The van der Waals surface area contributed by atoms with E-state index < -0.39 is 23.2 Å². The topological polar surface area (TPSA) is 70.1 Å². The molecule has 128 valence electrons. The predicted molar refractivity (Wildman–Crippen MR) is 84.9 cm³/mol. The van der Waals surface area contributed by atoms with E-state index in [0.717, 1.165) is 0 Å². The number of rotatable bonds is 4. The fraction of sp³-hybridized carbons (Fsp3) is 0.875. The van der Waals surface area contributed by atoms with E-state index >= 15 is 0 Å². The van der Waals surface area contributed by atoms with Crippen molar-refractivity contribution in [1.29, 1.82) is 0 Å². The van der Waals surface area contributed by atoms with Crippen LogP contribution in [0.1, 0.15) is 53.9 Å². The molecule has 1 rings (SSSR count). The zero-order valence-corrected chi connectivity index (χ0v) is 14.7. The third-order valence-electron chi connectivity index (χ3n) is 4.24. The van der Waals surface area contributed by atoms with Crippen LogP contribution >= 0.6 is 0 Å². The van der Waals surface area contributed by atoms with E-state index in [1.807, 2.05) is 20.9 Å². The van der Waals surface area contributed by atoms with Gasteiger partial charge in [0.25, 0.3) is 0 Å². The molecule has 0 aliphatic carbocycles. The molecule has 1 aliphatic rings. The predicted octanol–water partition coefficient (Wildman–Crippen LogP) is 2.57. The van der Waals surface area contributed by atoms with Gasteiger partial charge in [0.05, 0.1) is 0 Å². The van der Waals surface area contributed by atoms with E-state index in [1.165, 1.54) is 4.90 Å². The summed E-state index contributed by atoms with van der Waals surface area (Å²) in [5.41, 5.74) is -1.82. The Kier molecular flexibility index (Phi) is 5.84. The number of carbonyl (C=O) groups is 2. The fourth-order valence-corrected chi connectivity index (χ4v) is 2.90. The van der Waals surface area contributed by atoms with Crippen LogP contribution in [0.2, 0.25) is 0 Å². The van der Waals surface area contributed by atoms with Gasteiger partial charge in [-0.1, -0.05) is 6.92 Å². The molecule has 0 spiro atoms. The normalized spacial score (nSPS) is 26.5. The zero-order valence-electron chi connectivity index (χ0n) is 14.7. The first kappa shape index (κ1) is 18.7. The lowest BCUT2D eigenvalue weighted by Gasteiger charge is -2.47. The zero-order chi connectivity index (χ0) is 17.1. The van der Waals surface area contributed by atoms with Crippen LogP contribution in [0.15, 0.2) is 0 Å². The van der Waals surface area contributed by atoms with E-state index in [4.69, 9.17) is 4.74 Å². The molecule has 2 unspecified atom stereocenters. The average molecular weight is 314 g/mol. The van der Waals surface area contributed by atoms with Crippen LogP contribution in [-0.4, -0.2) is 64.3 Å². The van der Waals surface area contributed by atoms with Gasteiger partial charge in [0, 0.05) is 19.1 Å². The Morgan fingerprint density at radius 1 is 1.41 bits per heavy atom. The maximum Gasteiger partial charge on any atom is 0.411 e. The van der Waals surface area contributed by atoms with Crippen LogP contribution in [0.5, 0.6) is 0 Å². The van der Waals surface area contributed by atoms with Crippen molar-refractivity contribution in [2.24, 2.45) is 0 Å². The average Bonchev–Trinajstić information content (AvgIpc) is 2.37. The van der Waals surface area contributed by atoms with Gasteiger partial charge >= 0.3 is 12.1 Å². The van der Waals surface area contributed by atoms with Crippen molar-refractivity contribution in [3.63, 3.8) is 0 Å². The fourth-order valence-electron chi connectivity index (χ4n) is 2.90. The molecule has 6 nitrogen and oxygen atoms in total. The molecule has 1 aliphatic heterocycles. The Labute approximate surface area is 133 Å². The van der Waals surface area contributed by atoms with Crippen molar-refractivity contribution in [3.05, 3.63) is 0 Å². The van der Waals surface area contributed by atoms with Gasteiger partial charge in [0.1, 0.15) is 11.1 Å². The van der Waals surface area contributed by atoms with Crippen molar-refractivity contribution in [1.82, 2.24) is 9.80 Å². The van der Waals surface area contributed by atoms with Crippen molar-refractivity contribution in [3.8, 4) is 0 Å². The lowest BCUT2D eigenvalue weighted by atomic mass is 9.82. The van der Waals surface area contributed by atoms with Crippen molar-refractivity contribution in [2.75, 3.05) is 20.1 Å². The summed E-state index contributed by atoms with van der Waals surface area (Å²) in [5.74, 6) is -0.938. The van der Waals surface area contributed by atoms with Crippen molar-refractivity contribution in [2.45, 2.75) is 71.1 Å². The summed E-state index contributed by atoms with van der Waals surface area (Å²) >= 11 is 0. The molecule has 1 fully saturated rings. The summed E-state index contributed by atoms with van der Waals surface area (Å²) in [4.78, 5) is 28.2. The van der Waals surface area contributed by atoms with Gasteiger partial charge < -0.3 is 14.7 Å². The van der Waals surface area contributed by atoms with Crippen LogP contribution in [0.25, 0.3) is 0 Å². The summed E-state index contributed by atoms with van der Waals surface area (Å²) in [6.45, 7) is 10.3. The third-order valence-corrected chi connectivity index (χ3v) is 4.24. The van der Waals surface area contributed by atoms with Crippen LogP contribution < -0.4 is 0 Å². The van der Waals surface area contributed by atoms with Crippen molar-refractivity contribution < 1.29 is 19.4 Å². The highest BCUT2D eigenvalue weighted by Gasteiger charge is 2.50. The summed E-state index contributed by atoms with van der Waals surface area (Å²) < 4.78 is 5.45. The van der Waals surface area contributed by atoms with Gasteiger partial charge in [-0.05, 0) is 54.0 Å². The molecule has 1 N–H and O–H groups in total. The highest BCUT2D eigenvalue weighted by Crippen LogP contribution is 2.33. The highest BCUT2D eigenvalue weighted by atomic mass is 16.6. The van der Waals surface area contributed by atoms with Gasteiger partial charge in [-0.2, -0.15) is 0 Å². The molecule has 0 radical (unpaired) electrons. The minimum absolute atomic E-state index is 0.103. The molecule has 1 heterocycles. The second-order valence-electron chi connectivity index (χ2n) is 7.25. The lowest BCUT2D eigenvalue weighted by molar-refractivity contribution is -0.156. The molecule has 0 aromatic rings. The van der Waals surface area contributed by atoms with E-state index in [-0.39, 0.29) is 6.04 Å². The number of hydrogen-bond acceptors (Lipinski definition) is 4. The van der Waals surface area contributed by atoms with Crippen LogP contribution in [-0.2, 0) is 9.53 Å². The molecule has 0 aromatic carbocycles. The number of carboxylic acids is 1. The quantitative estimate of drug-likeness (QED) is 0.863. The smallest absolute Gasteiger partial charge is 0.411 e. The molecule has 22 heavy (non-hydrogen) atoms. The maximum absolute atomic E-state index is 12.6. The molecule has 0 aromatic heterocycles. The highest BCUT2D eigenvalue weighted by molar-refractivity contribution is 5.85. The standard InChI is InChI=1S/C16H30N2O4/c1-7-9-18(14(21)22-15(3,4)5)16(13(19)20)8-10-17(6)12(2)11-16/h12H,7-11H2,1-6H3,(H,19,20). The van der Waals surface area contributed by atoms with E-state index in [2.05, 4.69) is 4.90 Å². The Balaban J connectivity index is 3.12. The maximum atomic E-state index is 12.6. The van der Waals surface area contributed by atoms with Crippen LogP contribution in [0.3, 0.4) is 0 Å². The van der Waals surface area contributed by atoms with Gasteiger partial charge in [-0.25, -0.2) is 9.59 Å². The number of aliphatic carboxylic acids is 1. The number of piperidine rings is 1. The molecular weight excluding hydrogens is 284 g/mol. The largest absolute Gasteiger partial charge is 0.479 e. The second-order valence-corrected chi connectivity index (χ2v) is 7.25. The molecule has 0 saturated carbocycles. The van der Waals surface area contributed by atoms with E-state index in [9.17, 15) is 14.7 Å². The monoisotopic (exact) mass is 314 g/mol. The number of amides is 1. The van der Waals surface area contributed by atoms with Crippen molar-refractivity contribution >= 4 is 12.1 Å². The SMILES string of the molecule is CCCN(C(=O)OC(C)(C)C)C1(C(=O)O)CCN(C)C(C)C1. The van der Waals surface area contributed by atoms with Crippen LogP contribution in [0, 0.1) is 0 Å². The summed E-state index contributed by atoms with van der Waals surface area (Å²) in [6.07, 6.45) is 0.993. The van der Waals surface area contributed by atoms with E-state index in [1.54, 1.807) is 20.8 Å². The van der Waals surface area contributed by atoms with Gasteiger partial charge in [-0.15, -0.1) is 0 Å². The first-order valence-electron chi connectivity index (χ1n) is 7.97. The Morgan fingerprint density at radius 3 is 2.41 bits per heavy atom. The number of carboxylic acid groups (broad SMARTS) is 1. The first-order valence-corrected chi connectivity index (χ1v) is 7.97. The van der Waals surface area contributed by atoms with Gasteiger partial charge in [0.2, 0.25) is 0 Å². The first-order chi connectivity index (χ1) is 10.0. The molecule has 6 heteroatoms. The number of nitrogens with zero attached hydrogens (tertiary/aromatic N) is 2. The Bertz CT molecular complexity index is 419. The molecule has 1 amide bonds. The number of ether oxygens (including phenoxy) is 1. The number of carbonyl (C=O) groups excluding carboxylic acids is 1.